The van der Waals surface area contributed by atoms with Crippen molar-refractivity contribution in [3.05, 3.63) is 29.3 Å². The number of hydrogen-bond donors (Lipinski definition) is 0. The maximum atomic E-state index is 12.2. The van der Waals surface area contributed by atoms with E-state index in [2.05, 4.69) is 47.6 Å². The Balaban J connectivity index is 1.54. The Morgan fingerprint density at radius 2 is 1.26 bits per heavy atom. The molecule has 43 heavy (non-hydrogen) atoms. The van der Waals surface area contributed by atoms with E-state index in [9.17, 15) is 14.4 Å². The van der Waals surface area contributed by atoms with E-state index in [0.29, 0.717) is 35.3 Å². The highest BCUT2D eigenvalue weighted by atomic mass is 16.6. The lowest BCUT2D eigenvalue weighted by molar-refractivity contribution is -0.208. The molecule has 3 saturated carbocycles. The van der Waals surface area contributed by atoms with E-state index in [1.54, 1.807) is 11.6 Å². The zero-order chi connectivity index (χ0) is 31.5. The van der Waals surface area contributed by atoms with Crippen molar-refractivity contribution < 1.29 is 28.6 Å². The van der Waals surface area contributed by atoms with E-state index in [1.807, 2.05) is 0 Å². The molecule has 0 heterocycles. The van der Waals surface area contributed by atoms with Crippen molar-refractivity contribution in [3.8, 4) is 17.2 Å². The van der Waals surface area contributed by atoms with Gasteiger partial charge in [-0.15, -0.1) is 0 Å². The van der Waals surface area contributed by atoms with Crippen molar-refractivity contribution in [1.29, 1.82) is 0 Å². The van der Waals surface area contributed by atoms with Crippen molar-refractivity contribution in [2.75, 3.05) is 0 Å². The Hall–Kier alpha value is -2.63. The van der Waals surface area contributed by atoms with Crippen LogP contribution in [-0.4, -0.2) is 17.9 Å². The quantitative estimate of drug-likeness (QED) is 0.193. The molecule has 3 fully saturated rings. The fourth-order valence-electron chi connectivity index (χ4n) is 10.7. The summed E-state index contributed by atoms with van der Waals surface area (Å²) in [7, 11) is 0. The number of benzene rings is 1. The summed E-state index contributed by atoms with van der Waals surface area (Å²) in [6, 6.07) is 3.28. The summed E-state index contributed by atoms with van der Waals surface area (Å²) in [5.74, 6) is 1.35. The normalized spacial score (nSPS) is 38.5. The third-order valence-electron chi connectivity index (χ3n) is 13.6. The molecule has 4 aliphatic carbocycles. The zero-order valence-corrected chi connectivity index (χ0v) is 27.9. The Morgan fingerprint density at radius 3 is 1.88 bits per heavy atom. The van der Waals surface area contributed by atoms with E-state index in [-0.39, 0.29) is 27.7 Å². The van der Waals surface area contributed by atoms with Gasteiger partial charge in [-0.05, 0) is 122 Å². The number of hydrogen-bond acceptors (Lipinski definition) is 6. The lowest BCUT2D eigenvalue weighted by atomic mass is 9.34. The Morgan fingerprint density at radius 1 is 0.721 bits per heavy atom. The standard InChI is InChI=1S/C37H52O6/c1-22-12-16-36(8)29-13-17-34(6)23(2)11-10-15-35(34,7)28(29)14-18-37(36,9)30(22)19-27-20-32(42-25(4)39)33(43-26(5)40)21-31(27)41-24(3)38/h11,20-22,28-30H,10,12-19H2,1-9H3/t22-,28-,29+,30+,34-,35+,36+,37+/m0/s1. The number of rotatable bonds is 5. The highest BCUT2D eigenvalue weighted by Gasteiger charge is 2.66. The predicted molar refractivity (Wildman–Crippen MR) is 167 cm³/mol. The topological polar surface area (TPSA) is 78.9 Å². The molecule has 4 aliphatic rings. The van der Waals surface area contributed by atoms with Crippen LogP contribution in [0.2, 0.25) is 0 Å². The van der Waals surface area contributed by atoms with Crippen LogP contribution < -0.4 is 14.2 Å². The van der Waals surface area contributed by atoms with Gasteiger partial charge in [0, 0.05) is 26.8 Å². The van der Waals surface area contributed by atoms with Crippen molar-refractivity contribution in [1.82, 2.24) is 0 Å². The number of allylic oxidation sites excluding steroid dienone is 2. The van der Waals surface area contributed by atoms with E-state index >= 15 is 0 Å². The van der Waals surface area contributed by atoms with Gasteiger partial charge >= 0.3 is 17.9 Å². The molecule has 8 atom stereocenters. The van der Waals surface area contributed by atoms with Crippen molar-refractivity contribution >= 4 is 17.9 Å². The van der Waals surface area contributed by atoms with Crippen LogP contribution in [0, 0.1) is 45.3 Å². The molecule has 6 nitrogen and oxygen atoms in total. The van der Waals surface area contributed by atoms with Crippen LogP contribution in [0.5, 0.6) is 17.2 Å². The fourth-order valence-corrected chi connectivity index (χ4v) is 10.7. The van der Waals surface area contributed by atoms with Gasteiger partial charge in [0.15, 0.2) is 11.5 Å². The highest BCUT2D eigenvalue weighted by Crippen LogP contribution is 2.74. The molecule has 1 aromatic rings. The van der Waals surface area contributed by atoms with Crippen molar-refractivity contribution in [2.45, 2.75) is 120 Å². The first-order valence-corrected chi connectivity index (χ1v) is 16.4. The molecule has 0 bridgehead atoms. The van der Waals surface area contributed by atoms with E-state index < -0.39 is 17.9 Å². The number of esters is 3. The van der Waals surface area contributed by atoms with Gasteiger partial charge in [-0.1, -0.05) is 46.3 Å². The number of fused-ring (bicyclic) bond motifs is 5. The summed E-state index contributed by atoms with van der Waals surface area (Å²) in [4.78, 5) is 36.0. The van der Waals surface area contributed by atoms with Crippen LogP contribution in [0.25, 0.3) is 0 Å². The van der Waals surface area contributed by atoms with Gasteiger partial charge in [-0.25, -0.2) is 0 Å². The second kappa shape index (κ2) is 11.1. The van der Waals surface area contributed by atoms with Crippen LogP contribution >= 0.6 is 0 Å². The molecule has 0 radical (unpaired) electrons. The third-order valence-corrected chi connectivity index (χ3v) is 13.6. The summed E-state index contributed by atoms with van der Waals surface area (Å²) in [6.45, 7) is 19.0. The third kappa shape index (κ3) is 5.05. The van der Waals surface area contributed by atoms with E-state index in [0.717, 1.165) is 17.9 Å². The van der Waals surface area contributed by atoms with Gasteiger partial charge in [-0.2, -0.15) is 0 Å². The minimum Gasteiger partial charge on any atom is -0.426 e. The molecule has 0 spiro atoms. The first-order valence-electron chi connectivity index (χ1n) is 16.4. The predicted octanol–water partition coefficient (Wildman–Crippen LogP) is 8.64. The molecule has 0 amide bonds. The van der Waals surface area contributed by atoms with Gasteiger partial charge < -0.3 is 14.2 Å². The first kappa shape index (κ1) is 31.8. The maximum absolute atomic E-state index is 12.2. The summed E-state index contributed by atoms with van der Waals surface area (Å²) in [5.41, 5.74) is 3.32. The first-order chi connectivity index (χ1) is 20.1. The lowest BCUT2D eigenvalue weighted by Gasteiger charge is -2.71. The van der Waals surface area contributed by atoms with Gasteiger partial charge in [0.05, 0.1) is 0 Å². The molecular weight excluding hydrogens is 540 g/mol. The monoisotopic (exact) mass is 592 g/mol. The van der Waals surface area contributed by atoms with Crippen LogP contribution in [-0.2, 0) is 20.8 Å². The van der Waals surface area contributed by atoms with Crippen molar-refractivity contribution in [2.24, 2.45) is 45.3 Å². The highest BCUT2D eigenvalue weighted by molar-refractivity contribution is 5.75. The Kier molecular flexibility index (Phi) is 8.18. The molecule has 0 saturated heterocycles. The molecule has 5 rings (SSSR count). The van der Waals surface area contributed by atoms with Gasteiger partial charge in [-0.3, -0.25) is 14.4 Å². The molecule has 0 N–H and O–H groups in total. The molecule has 0 aromatic heterocycles. The summed E-state index contributed by atoms with van der Waals surface area (Å²) < 4.78 is 16.6. The number of ether oxygens (including phenoxy) is 3. The van der Waals surface area contributed by atoms with Crippen LogP contribution in [0.15, 0.2) is 23.8 Å². The molecule has 6 heteroatoms. The van der Waals surface area contributed by atoms with Crippen LogP contribution in [0.4, 0.5) is 0 Å². The van der Waals surface area contributed by atoms with Gasteiger partial charge in [0.25, 0.3) is 0 Å². The molecule has 0 aliphatic heterocycles. The summed E-state index contributed by atoms with van der Waals surface area (Å²) in [6.07, 6.45) is 13.1. The van der Waals surface area contributed by atoms with Gasteiger partial charge in [0.2, 0.25) is 0 Å². The minimum atomic E-state index is -0.545. The second-order valence-electron chi connectivity index (χ2n) is 15.3. The lowest BCUT2D eigenvalue weighted by Crippen LogP contribution is -2.63. The average molecular weight is 593 g/mol. The second-order valence-corrected chi connectivity index (χ2v) is 15.3. The zero-order valence-electron chi connectivity index (χ0n) is 27.9. The Labute approximate surface area is 258 Å². The SMILES string of the molecule is CC(=O)Oc1cc(OC(C)=O)c(OC(C)=O)cc1C[C@@H]1[C@@H](C)CC[C@]2(C)[C@@H]3CC[C@@]4(C)C(C)=CCC[C@]4(C)[C@H]3CC[C@]12C. The maximum Gasteiger partial charge on any atom is 0.308 e. The van der Waals surface area contributed by atoms with Crippen LogP contribution in [0.1, 0.15) is 119 Å². The molecular formula is C37H52O6. The average Bonchev–Trinajstić information content (AvgIpc) is 2.90. The number of carbonyl (C=O) groups is 3. The van der Waals surface area contributed by atoms with Crippen LogP contribution in [0.3, 0.4) is 0 Å². The van der Waals surface area contributed by atoms with Gasteiger partial charge in [0.1, 0.15) is 5.75 Å². The van der Waals surface area contributed by atoms with E-state index in [1.165, 1.54) is 71.8 Å². The summed E-state index contributed by atoms with van der Waals surface area (Å²) in [5, 5.41) is 0. The minimum absolute atomic E-state index is 0.0753. The van der Waals surface area contributed by atoms with E-state index in [4.69, 9.17) is 14.2 Å². The number of carbonyl (C=O) groups excluding carboxylic acids is 3. The Bertz CT molecular complexity index is 1340. The molecule has 0 unspecified atom stereocenters. The molecule has 236 valence electrons. The summed E-state index contributed by atoms with van der Waals surface area (Å²) >= 11 is 0. The smallest absolute Gasteiger partial charge is 0.308 e. The van der Waals surface area contributed by atoms with Crippen molar-refractivity contribution in [3.63, 3.8) is 0 Å². The largest absolute Gasteiger partial charge is 0.426 e. The molecule has 1 aromatic carbocycles. The fraction of sp³-hybridized carbons (Fsp3) is 0.703.